The van der Waals surface area contributed by atoms with Gasteiger partial charge < -0.3 is 30.5 Å². The lowest BCUT2D eigenvalue weighted by molar-refractivity contribution is -0.198. The van der Waals surface area contributed by atoms with E-state index in [2.05, 4.69) is 15.3 Å². The number of nitrogen functional groups attached to an aromatic ring is 1. The third-order valence-electron chi connectivity index (χ3n) is 7.76. The first-order valence-corrected chi connectivity index (χ1v) is 13.5. The normalized spacial score (nSPS) is 19.2. The van der Waals surface area contributed by atoms with Crippen molar-refractivity contribution in [1.82, 2.24) is 15.3 Å². The van der Waals surface area contributed by atoms with Gasteiger partial charge in [0.2, 0.25) is 17.9 Å². The van der Waals surface area contributed by atoms with Crippen molar-refractivity contribution in [3.63, 3.8) is 0 Å². The number of nitrogens with two attached hydrogens (primary N) is 1. The Labute approximate surface area is 235 Å². The molecule has 2 fully saturated rings. The predicted octanol–water partition coefficient (Wildman–Crippen LogP) is 4.84. The molecule has 1 spiro atoms. The van der Waals surface area contributed by atoms with Crippen LogP contribution in [-0.4, -0.2) is 59.5 Å². The van der Waals surface area contributed by atoms with Crippen molar-refractivity contribution in [3.8, 4) is 22.8 Å². The number of carboxylic acids is 1. The highest BCUT2D eigenvalue weighted by Gasteiger charge is 2.45. The highest BCUT2D eigenvalue weighted by Crippen LogP contribution is 2.41. The first-order valence-electron chi connectivity index (χ1n) is 13.5. The van der Waals surface area contributed by atoms with Gasteiger partial charge in [-0.05, 0) is 54.9 Å². The molecule has 1 aromatic heterocycles. The van der Waals surface area contributed by atoms with Gasteiger partial charge in [-0.15, -0.1) is 0 Å². The molecule has 0 saturated carbocycles. The Morgan fingerprint density at radius 1 is 1.12 bits per heavy atom. The van der Waals surface area contributed by atoms with E-state index in [1.165, 1.54) is 18.2 Å². The number of ether oxygens (including phenoxy) is 2. The van der Waals surface area contributed by atoms with Crippen LogP contribution in [0.2, 0.25) is 0 Å². The molecule has 3 aromatic rings. The minimum absolute atomic E-state index is 0.0763. The summed E-state index contributed by atoms with van der Waals surface area (Å²) in [4.78, 5) is 21.4. The van der Waals surface area contributed by atoms with E-state index in [-0.39, 0.29) is 22.8 Å². The number of piperidine rings is 1. The number of hydrogen-bond donors (Lipinski definition) is 3. The zero-order valence-electron chi connectivity index (χ0n) is 22.5. The van der Waals surface area contributed by atoms with Gasteiger partial charge in [-0.25, -0.2) is 0 Å². The third kappa shape index (κ3) is 6.48. The lowest BCUT2D eigenvalue weighted by Gasteiger charge is -2.39. The average Bonchev–Trinajstić information content (AvgIpc) is 3.36. The number of benzene rings is 2. The fourth-order valence-corrected chi connectivity index (χ4v) is 5.54. The number of carbonyl (C=O) groups is 1. The number of hydrogen-bond acceptors (Lipinski definition) is 8. The summed E-state index contributed by atoms with van der Waals surface area (Å²) in [6, 6.07) is 14.1. The van der Waals surface area contributed by atoms with Gasteiger partial charge in [-0.1, -0.05) is 36.4 Å². The van der Waals surface area contributed by atoms with E-state index in [0.717, 1.165) is 24.0 Å². The average molecular weight is 572 g/mol. The topological polar surface area (TPSA) is 123 Å². The van der Waals surface area contributed by atoms with Crippen LogP contribution in [-0.2, 0) is 4.79 Å². The molecule has 218 valence electrons. The second kappa shape index (κ2) is 11.4. The summed E-state index contributed by atoms with van der Waals surface area (Å²) >= 11 is 0. The minimum atomic E-state index is -4.71. The van der Waals surface area contributed by atoms with Crippen LogP contribution in [0.25, 0.3) is 11.1 Å². The summed E-state index contributed by atoms with van der Waals surface area (Å²) in [5, 5.41) is 12.4. The Kier molecular flexibility index (Phi) is 7.94. The Morgan fingerprint density at radius 2 is 1.76 bits per heavy atom. The van der Waals surface area contributed by atoms with Crippen LogP contribution in [0.4, 0.5) is 24.9 Å². The highest BCUT2D eigenvalue weighted by atomic mass is 19.4. The van der Waals surface area contributed by atoms with Crippen LogP contribution >= 0.6 is 0 Å². The number of anilines is 2. The van der Waals surface area contributed by atoms with Crippen LogP contribution in [0.5, 0.6) is 11.6 Å². The van der Waals surface area contributed by atoms with Crippen LogP contribution < -0.4 is 25.4 Å². The molecule has 2 saturated heterocycles. The molecule has 0 aliphatic carbocycles. The molecule has 2 aromatic carbocycles. The number of nitrogens with zero attached hydrogens (tertiary/aromatic N) is 3. The van der Waals surface area contributed by atoms with Gasteiger partial charge in [-0.2, -0.15) is 23.1 Å². The lowest BCUT2D eigenvalue weighted by Crippen LogP contribution is -2.41. The van der Waals surface area contributed by atoms with Crippen molar-refractivity contribution in [3.05, 3.63) is 60.2 Å². The molecular formula is C29H32F3N5O4. The molecule has 0 radical (unpaired) electrons. The van der Waals surface area contributed by atoms with Crippen molar-refractivity contribution < 1.29 is 32.5 Å². The Hall–Kier alpha value is -4.06. The summed E-state index contributed by atoms with van der Waals surface area (Å²) in [6.07, 6.45) is -5.00. The second-order valence-electron chi connectivity index (χ2n) is 10.5. The fourth-order valence-electron chi connectivity index (χ4n) is 5.54. The van der Waals surface area contributed by atoms with Crippen LogP contribution in [0, 0.1) is 5.41 Å². The molecule has 2 atom stereocenters. The largest absolute Gasteiger partial charge is 0.494 e. The predicted molar refractivity (Wildman–Crippen MR) is 147 cm³/mol. The summed E-state index contributed by atoms with van der Waals surface area (Å²) in [7, 11) is 0. The molecule has 0 amide bonds. The Morgan fingerprint density at radius 3 is 2.32 bits per heavy atom. The molecular weight excluding hydrogens is 539 g/mol. The number of rotatable bonds is 8. The summed E-state index contributed by atoms with van der Waals surface area (Å²) in [5.41, 5.74) is 7.26. The summed E-state index contributed by atoms with van der Waals surface area (Å²) in [6.45, 7) is 4.15. The Bertz CT molecular complexity index is 1360. The molecule has 2 aliphatic rings. The molecule has 9 nitrogen and oxygen atoms in total. The maximum atomic E-state index is 14.2. The van der Waals surface area contributed by atoms with E-state index < -0.39 is 24.3 Å². The first-order chi connectivity index (χ1) is 19.5. The van der Waals surface area contributed by atoms with E-state index in [4.69, 9.17) is 15.2 Å². The number of alkyl halides is 3. The number of nitrogens with one attached hydrogen (secondary N) is 1. The second-order valence-corrected chi connectivity index (χ2v) is 10.5. The van der Waals surface area contributed by atoms with Crippen LogP contribution in [0.3, 0.4) is 0 Å². The maximum absolute atomic E-state index is 14.2. The molecule has 41 heavy (non-hydrogen) atoms. The molecule has 4 N–H and O–H groups in total. The summed E-state index contributed by atoms with van der Waals surface area (Å²) in [5.74, 6) is -0.250. The fraction of sp³-hybridized carbons (Fsp3) is 0.414. The molecule has 3 heterocycles. The quantitative estimate of drug-likeness (QED) is 0.349. The third-order valence-corrected chi connectivity index (χ3v) is 7.76. The minimum Gasteiger partial charge on any atom is -0.494 e. The van der Waals surface area contributed by atoms with Crippen molar-refractivity contribution in [2.24, 2.45) is 5.41 Å². The number of halogens is 3. The molecule has 1 unspecified atom stereocenters. The van der Waals surface area contributed by atoms with Gasteiger partial charge in [-0.3, -0.25) is 4.79 Å². The molecule has 0 bridgehead atoms. The summed E-state index contributed by atoms with van der Waals surface area (Å²) < 4.78 is 53.4. The monoisotopic (exact) mass is 571 g/mol. The number of aromatic nitrogens is 2. The van der Waals surface area contributed by atoms with Gasteiger partial charge >= 0.3 is 12.1 Å². The van der Waals surface area contributed by atoms with Gasteiger partial charge in [0.25, 0.3) is 0 Å². The van der Waals surface area contributed by atoms with Crippen molar-refractivity contribution >= 4 is 17.7 Å². The van der Waals surface area contributed by atoms with E-state index in [1.807, 2.05) is 36.1 Å². The maximum Gasteiger partial charge on any atom is 0.429 e. The molecule has 2 aliphatic heterocycles. The highest BCUT2D eigenvalue weighted by molar-refractivity contribution is 5.74. The number of carboxylic acid groups (broad SMARTS) is 1. The van der Waals surface area contributed by atoms with E-state index in [0.29, 0.717) is 44.2 Å². The van der Waals surface area contributed by atoms with E-state index >= 15 is 0 Å². The standard InChI is InChI=1S/C29H32F3N5O4/c1-2-40-21-9-7-19(8-10-21)18-3-5-20(6-4-18)25(29(30,31)32)41-24-15-23(35-27(33)36-24)37-13-11-28(12-14-37)16-22(26(38)39)34-17-28/h3-10,15,22,25,34H,2,11-14,16-17H2,1H3,(H,38,39)(H2,33,35,36)/t22?,25-/m1/s1. The van der Waals surface area contributed by atoms with Crippen molar-refractivity contribution in [2.75, 3.05) is 36.9 Å². The van der Waals surface area contributed by atoms with Crippen LogP contribution in [0.15, 0.2) is 54.6 Å². The zero-order chi connectivity index (χ0) is 29.2. The first kappa shape index (κ1) is 28.5. The Balaban J connectivity index is 1.30. The van der Waals surface area contributed by atoms with Gasteiger partial charge in [0.1, 0.15) is 17.6 Å². The van der Waals surface area contributed by atoms with Crippen molar-refractivity contribution in [1.29, 1.82) is 0 Å². The molecule has 12 heteroatoms. The SMILES string of the molecule is CCOc1ccc(-c2ccc([C@@H](Oc3cc(N4CCC5(CC4)CNC(C(=O)O)C5)nc(N)n3)C(F)(F)F)cc2)cc1. The van der Waals surface area contributed by atoms with Crippen LogP contribution in [0.1, 0.15) is 37.9 Å². The van der Waals surface area contributed by atoms with Crippen molar-refractivity contribution in [2.45, 2.75) is 44.5 Å². The van der Waals surface area contributed by atoms with E-state index in [1.54, 1.807) is 12.1 Å². The van der Waals surface area contributed by atoms with Gasteiger partial charge in [0.15, 0.2) is 0 Å². The van der Waals surface area contributed by atoms with Gasteiger partial charge in [0, 0.05) is 31.3 Å². The smallest absolute Gasteiger partial charge is 0.429 e. The lowest BCUT2D eigenvalue weighted by atomic mass is 9.76. The zero-order valence-corrected chi connectivity index (χ0v) is 22.5. The van der Waals surface area contributed by atoms with E-state index in [9.17, 15) is 23.1 Å². The van der Waals surface area contributed by atoms with Gasteiger partial charge in [0.05, 0.1) is 6.61 Å². The number of aliphatic carboxylic acids is 1. The molecule has 5 rings (SSSR count).